The molecule has 0 radical (unpaired) electrons. The summed E-state index contributed by atoms with van der Waals surface area (Å²) in [5, 5.41) is 0. The number of pyridine rings is 2. The predicted octanol–water partition coefficient (Wildman–Crippen LogP) is 1.94. The Balaban J connectivity index is 1.85. The summed E-state index contributed by atoms with van der Waals surface area (Å²) in [4.78, 5) is 22.1. The zero-order valence-corrected chi connectivity index (χ0v) is 12.3. The number of likely N-dealkylation sites (N-methyl/N-ethyl adjacent to an activating group) is 1. The largest absolute Gasteiger partial charge is 0.465 e. The topological polar surface area (TPSA) is 55.3 Å². The Morgan fingerprint density at radius 3 is 2.67 bits per heavy atom. The van der Waals surface area contributed by atoms with E-state index in [4.69, 9.17) is 0 Å². The Morgan fingerprint density at radius 1 is 1.19 bits per heavy atom. The van der Waals surface area contributed by atoms with E-state index < -0.39 is 0 Å². The fourth-order valence-electron chi connectivity index (χ4n) is 1.96. The van der Waals surface area contributed by atoms with Gasteiger partial charge >= 0.3 is 5.97 Å². The first kappa shape index (κ1) is 15.1. The number of esters is 1. The summed E-state index contributed by atoms with van der Waals surface area (Å²) in [5.74, 6) is -0.363. The molecular formula is C16H19N3O2. The van der Waals surface area contributed by atoms with Crippen LogP contribution in [0.4, 0.5) is 0 Å². The Kier molecular flexibility index (Phi) is 5.40. The molecule has 0 aliphatic carbocycles. The maximum Gasteiger partial charge on any atom is 0.339 e. The quantitative estimate of drug-likeness (QED) is 0.759. The molecule has 0 saturated heterocycles. The Bertz CT molecular complexity index is 570. The van der Waals surface area contributed by atoms with Crippen molar-refractivity contribution in [3.63, 3.8) is 0 Å². The van der Waals surface area contributed by atoms with Crippen LogP contribution in [0.3, 0.4) is 0 Å². The molecule has 0 fully saturated rings. The molecule has 2 aromatic rings. The van der Waals surface area contributed by atoms with E-state index in [1.807, 2.05) is 37.5 Å². The van der Waals surface area contributed by atoms with Crippen LogP contribution in [0.2, 0.25) is 0 Å². The summed E-state index contributed by atoms with van der Waals surface area (Å²) in [5.41, 5.74) is 2.47. The molecule has 2 rings (SSSR count). The second-order valence-corrected chi connectivity index (χ2v) is 4.84. The third-order valence-corrected chi connectivity index (χ3v) is 3.15. The lowest BCUT2D eigenvalue weighted by molar-refractivity contribution is 0.0600. The van der Waals surface area contributed by atoms with Crippen molar-refractivity contribution in [2.45, 2.75) is 13.0 Å². The third kappa shape index (κ3) is 4.65. The average molecular weight is 285 g/mol. The van der Waals surface area contributed by atoms with Crippen LogP contribution < -0.4 is 0 Å². The van der Waals surface area contributed by atoms with Crippen LogP contribution in [-0.2, 0) is 17.7 Å². The number of ether oxygens (including phenoxy) is 1. The minimum atomic E-state index is -0.363. The van der Waals surface area contributed by atoms with Crippen molar-refractivity contribution >= 4 is 5.97 Å². The van der Waals surface area contributed by atoms with Gasteiger partial charge in [0.2, 0.25) is 0 Å². The van der Waals surface area contributed by atoms with Crippen LogP contribution >= 0.6 is 0 Å². The fourth-order valence-corrected chi connectivity index (χ4v) is 1.96. The SMILES string of the molecule is COC(=O)c1ccc(CN(C)CCc2ccccn2)nc1. The first-order valence-electron chi connectivity index (χ1n) is 6.80. The zero-order valence-electron chi connectivity index (χ0n) is 12.3. The van der Waals surface area contributed by atoms with Crippen molar-refractivity contribution in [3.8, 4) is 0 Å². The van der Waals surface area contributed by atoms with Crippen LogP contribution in [-0.4, -0.2) is 41.5 Å². The lowest BCUT2D eigenvalue weighted by Crippen LogP contribution is -2.21. The normalized spacial score (nSPS) is 10.6. The van der Waals surface area contributed by atoms with Gasteiger partial charge in [0.1, 0.15) is 0 Å². The van der Waals surface area contributed by atoms with Crippen molar-refractivity contribution < 1.29 is 9.53 Å². The molecule has 110 valence electrons. The molecule has 2 aromatic heterocycles. The van der Waals surface area contributed by atoms with Gasteiger partial charge in [0, 0.05) is 37.6 Å². The number of nitrogens with zero attached hydrogens (tertiary/aromatic N) is 3. The monoisotopic (exact) mass is 285 g/mol. The van der Waals surface area contributed by atoms with Gasteiger partial charge in [0.25, 0.3) is 0 Å². The number of hydrogen-bond acceptors (Lipinski definition) is 5. The molecule has 2 heterocycles. The van der Waals surface area contributed by atoms with Crippen LogP contribution in [0.15, 0.2) is 42.7 Å². The van der Waals surface area contributed by atoms with Gasteiger partial charge in [-0.15, -0.1) is 0 Å². The van der Waals surface area contributed by atoms with Crippen molar-refractivity contribution in [2.75, 3.05) is 20.7 Å². The van der Waals surface area contributed by atoms with E-state index in [2.05, 4.69) is 19.6 Å². The maximum absolute atomic E-state index is 11.3. The highest BCUT2D eigenvalue weighted by Crippen LogP contribution is 2.05. The molecule has 0 spiro atoms. The fraction of sp³-hybridized carbons (Fsp3) is 0.312. The molecule has 0 aliphatic rings. The molecule has 0 N–H and O–H groups in total. The van der Waals surface area contributed by atoms with E-state index in [-0.39, 0.29) is 5.97 Å². The second-order valence-electron chi connectivity index (χ2n) is 4.84. The van der Waals surface area contributed by atoms with Gasteiger partial charge in [-0.05, 0) is 31.3 Å². The Labute approximate surface area is 124 Å². The lowest BCUT2D eigenvalue weighted by atomic mass is 10.2. The summed E-state index contributed by atoms with van der Waals surface area (Å²) < 4.78 is 4.65. The van der Waals surface area contributed by atoms with Gasteiger partial charge in [0.05, 0.1) is 18.4 Å². The first-order chi connectivity index (χ1) is 10.2. The summed E-state index contributed by atoms with van der Waals surface area (Å²) in [7, 11) is 3.40. The predicted molar refractivity (Wildman–Crippen MR) is 79.9 cm³/mol. The summed E-state index contributed by atoms with van der Waals surface area (Å²) in [6.07, 6.45) is 4.26. The highest BCUT2D eigenvalue weighted by Gasteiger charge is 2.07. The minimum absolute atomic E-state index is 0.363. The molecular weight excluding hydrogens is 266 g/mol. The number of methoxy groups -OCH3 is 1. The highest BCUT2D eigenvalue weighted by molar-refractivity contribution is 5.88. The van der Waals surface area contributed by atoms with Crippen molar-refractivity contribution in [3.05, 3.63) is 59.7 Å². The lowest BCUT2D eigenvalue weighted by Gasteiger charge is -2.15. The summed E-state index contributed by atoms with van der Waals surface area (Å²) in [6.45, 7) is 1.63. The van der Waals surface area contributed by atoms with Crippen LogP contribution in [0.5, 0.6) is 0 Å². The molecule has 5 nitrogen and oxygen atoms in total. The van der Waals surface area contributed by atoms with E-state index >= 15 is 0 Å². The number of carbonyl (C=O) groups is 1. The van der Waals surface area contributed by atoms with Crippen molar-refractivity contribution in [1.29, 1.82) is 0 Å². The molecule has 0 amide bonds. The first-order valence-corrected chi connectivity index (χ1v) is 6.80. The molecule has 5 heteroatoms. The van der Waals surface area contributed by atoms with Crippen molar-refractivity contribution in [2.24, 2.45) is 0 Å². The van der Waals surface area contributed by atoms with E-state index in [9.17, 15) is 4.79 Å². The smallest absolute Gasteiger partial charge is 0.339 e. The number of rotatable bonds is 6. The summed E-state index contributed by atoms with van der Waals surface area (Å²) >= 11 is 0. The second kappa shape index (κ2) is 7.50. The molecule has 21 heavy (non-hydrogen) atoms. The van der Waals surface area contributed by atoms with E-state index in [1.54, 1.807) is 12.3 Å². The average Bonchev–Trinajstić information content (AvgIpc) is 2.54. The van der Waals surface area contributed by atoms with Gasteiger partial charge in [-0.1, -0.05) is 6.07 Å². The van der Waals surface area contributed by atoms with E-state index in [0.29, 0.717) is 5.56 Å². The highest BCUT2D eigenvalue weighted by atomic mass is 16.5. The van der Waals surface area contributed by atoms with Crippen molar-refractivity contribution in [1.82, 2.24) is 14.9 Å². The van der Waals surface area contributed by atoms with E-state index in [1.165, 1.54) is 7.11 Å². The molecule has 0 saturated carbocycles. The van der Waals surface area contributed by atoms with Crippen LogP contribution in [0, 0.1) is 0 Å². The van der Waals surface area contributed by atoms with Crippen LogP contribution in [0.25, 0.3) is 0 Å². The molecule has 0 atom stereocenters. The van der Waals surface area contributed by atoms with Gasteiger partial charge in [-0.3, -0.25) is 9.97 Å². The van der Waals surface area contributed by atoms with Crippen LogP contribution in [0.1, 0.15) is 21.7 Å². The molecule has 0 aromatic carbocycles. The molecule has 0 unspecified atom stereocenters. The standard InChI is InChI=1S/C16H19N3O2/c1-19(10-8-14-5-3-4-9-17-14)12-15-7-6-13(11-18-15)16(20)21-2/h3-7,9,11H,8,10,12H2,1-2H3. The zero-order chi connectivity index (χ0) is 15.1. The Morgan fingerprint density at radius 2 is 2.05 bits per heavy atom. The number of carbonyl (C=O) groups excluding carboxylic acids is 1. The third-order valence-electron chi connectivity index (χ3n) is 3.15. The maximum atomic E-state index is 11.3. The molecule has 0 bridgehead atoms. The summed E-state index contributed by atoms with van der Waals surface area (Å²) in [6, 6.07) is 9.52. The molecule has 0 aliphatic heterocycles. The Hall–Kier alpha value is -2.27. The number of aromatic nitrogens is 2. The number of hydrogen-bond donors (Lipinski definition) is 0. The van der Waals surface area contributed by atoms with Gasteiger partial charge < -0.3 is 9.64 Å². The van der Waals surface area contributed by atoms with Gasteiger partial charge in [-0.2, -0.15) is 0 Å². The van der Waals surface area contributed by atoms with Gasteiger partial charge in [0.15, 0.2) is 0 Å². The van der Waals surface area contributed by atoms with E-state index in [0.717, 1.165) is 30.9 Å². The minimum Gasteiger partial charge on any atom is -0.465 e. The van der Waals surface area contributed by atoms with Gasteiger partial charge in [-0.25, -0.2) is 4.79 Å².